The number of aliphatic hydroxyl groups is 3. The smallest absolute Gasteiger partial charge is 0.397 e. The average Bonchev–Trinajstić information content (AvgIpc) is 3.14. The first-order valence-corrected chi connectivity index (χ1v) is 22.5. The van der Waals surface area contributed by atoms with Gasteiger partial charge in [-0.2, -0.15) is 8.42 Å². The predicted molar refractivity (Wildman–Crippen MR) is 211 cm³/mol. The predicted octanol–water partition coefficient (Wildman–Crippen LogP) is 8.07. The molecule has 0 spiro atoms. The van der Waals surface area contributed by atoms with Crippen LogP contribution < -0.4 is 0 Å². The summed E-state index contributed by atoms with van der Waals surface area (Å²) in [4.78, 5) is 12.8. The first-order chi connectivity index (χ1) is 26.1. The van der Waals surface area contributed by atoms with E-state index < -0.39 is 59.8 Å². The van der Waals surface area contributed by atoms with Crippen LogP contribution in [0.5, 0.6) is 0 Å². The Balaban J connectivity index is 2.43. The number of rotatable bonds is 36. The van der Waals surface area contributed by atoms with E-state index >= 15 is 0 Å². The molecular formula is C41H76O12S. The summed E-state index contributed by atoms with van der Waals surface area (Å²) in [6.07, 6.45) is 26.5. The van der Waals surface area contributed by atoms with Gasteiger partial charge in [0.15, 0.2) is 6.29 Å². The number of hydrogen-bond donors (Lipinski definition) is 4. The molecular weight excluding hydrogens is 717 g/mol. The average molecular weight is 793 g/mol. The summed E-state index contributed by atoms with van der Waals surface area (Å²) in [6.45, 7) is 3.94. The zero-order valence-electron chi connectivity index (χ0n) is 33.5. The van der Waals surface area contributed by atoms with E-state index in [-0.39, 0.29) is 19.6 Å². The maximum absolute atomic E-state index is 12.8. The molecule has 0 aliphatic carbocycles. The molecule has 1 saturated heterocycles. The van der Waals surface area contributed by atoms with Gasteiger partial charge in [-0.3, -0.25) is 9.35 Å². The molecule has 0 bridgehead atoms. The number of hydrogen-bond acceptors (Lipinski definition) is 11. The van der Waals surface area contributed by atoms with E-state index in [1.165, 1.54) is 89.9 Å². The van der Waals surface area contributed by atoms with Crippen molar-refractivity contribution in [2.45, 2.75) is 205 Å². The minimum atomic E-state index is -5.06. The lowest BCUT2D eigenvalue weighted by atomic mass is 9.99. The van der Waals surface area contributed by atoms with Gasteiger partial charge in [0.2, 0.25) is 0 Å². The molecule has 1 fully saturated rings. The van der Waals surface area contributed by atoms with Crippen molar-refractivity contribution >= 4 is 16.4 Å². The summed E-state index contributed by atoms with van der Waals surface area (Å²) < 4.78 is 58.8. The van der Waals surface area contributed by atoms with E-state index in [4.69, 9.17) is 23.5 Å². The second-order valence-corrected chi connectivity index (χ2v) is 15.6. The Bertz CT molecular complexity index is 1050. The lowest BCUT2D eigenvalue weighted by Crippen LogP contribution is -2.60. The molecule has 6 atom stereocenters. The SMILES string of the molecule is CCCCCC/C=C\C/C=C\CCCCCCCCCC(=O)OC(COCCCCCCCCCCC)COC1OC(CO)C(O)C(OS(=O)(=O)O)C1O. The van der Waals surface area contributed by atoms with Crippen LogP contribution in [0.1, 0.15) is 168 Å². The molecule has 1 aliphatic rings. The largest absolute Gasteiger partial charge is 0.457 e. The van der Waals surface area contributed by atoms with Gasteiger partial charge in [0, 0.05) is 13.0 Å². The molecule has 0 amide bonds. The number of unbranched alkanes of at least 4 members (excludes halogenated alkanes) is 19. The standard InChI is InChI=1S/C41H76O12S/c1-3-5-7-9-11-13-14-15-16-17-18-19-20-21-22-24-26-28-30-37(43)51-35(33-49-31-29-27-25-23-12-10-8-6-4-2)34-50-41-39(45)40(53-54(46,47)48)38(44)36(32-42)52-41/h13-14,16-17,35-36,38-42,44-45H,3-12,15,18-34H2,1-2H3,(H,46,47,48)/b14-13-,17-16-. The van der Waals surface area contributed by atoms with Crippen LogP contribution in [0, 0.1) is 0 Å². The van der Waals surface area contributed by atoms with Crippen LogP contribution in [0.3, 0.4) is 0 Å². The lowest BCUT2D eigenvalue weighted by molar-refractivity contribution is -0.301. The molecule has 1 heterocycles. The molecule has 12 nitrogen and oxygen atoms in total. The molecule has 0 aromatic rings. The molecule has 6 unspecified atom stereocenters. The van der Waals surface area contributed by atoms with Crippen molar-refractivity contribution in [3.05, 3.63) is 24.3 Å². The number of allylic oxidation sites excluding steroid dienone is 4. The lowest BCUT2D eigenvalue weighted by Gasteiger charge is -2.41. The molecule has 0 saturated carbocycles. The zero-order valence-corrected chi connectivity index (χ0v) is 34.4. The van der Waals surface area contributed by atoms with Crippen molar-refractivity contribution in [3.8, 4) is 0 Å². The van der Waals surface area contributed by atoms with Crippen LogP contribution >= 0.6 is 0 Å². The van der Waals surface area contributed by atoms with Gasteiger partial charge in [0.25, 0.3) is 0 Å². The fourth-order valence-corrected chi connectivity index (χ4v) is 6.86. The Morgan fingerprint density at radius 2 is 1.22 bits per heavy atom. The number of carbonyl (C=O) groups excluding carboxylic acids is 1. The van der Waals surface area contributed by atoms with Gasteiger partial charge in [0.05, 0.1) is 19.8 Å². The van der Waals surface area contributed by atoms with Crippen molar-refractivity contribution in [2.75, 3.05) is 26.4 Å². The van der Waals surface area contributed by atoms with Crippen LogP contribution in [0.2, 0.25) is 0 Å². The van der Waals surface area contributed by atoms with Crippen LogP contribution in [0.4, 0.5) is 0 Å². The second-order valence-electron chi connectivity index (χ2n) is 14.6. The number of aliphatic hydroxyl groups excluding tert-OH is 3. The monoisotopic (exact) mass is 793 g/mol. The van der Waals surface area contributed by atoms with E-state index in [2.05, 4.69) is 42.3 Å². The van der Waals surface area contributed by atoms with Crippen molar-refractivity contribution in [2.24, 2.45) is 0 Å². The summed E-state index contributed by atoms with van der Waals surface area (Å²) in [5.41, 5.74) is 0. The quantitative estimate of drug-likeness (QED) is 0.0208. The minimum Gasteiger partial charge on any atom is -0.457 e. The molecule has 1 aliphatic heterocycles. The summed E-state index contributed by atoms with van der Waals surface area (Å²) in [5, 5.41) is 30.5. The third-order valence-electron chi connectivity index (χ3n) is 9.58. The van der Waals surface area contributed by atoms with Crippen molar-refractivity contribution < 1.29 is 56.2 Å². The van der Waals surface area contributed by atoms with Gasteiger partial charge in [-0.25, -0.2) is 4.18 Å². The van der Waals surface area contributed by atoms with E-state index in [9.17, 15) is 28.5 Å². The fraction of sp³-hybridized carbons (Fsp3) is 0.878. The highest BCUT2D eigenvalue weighted by atomic mass is 32.3. The molecule has 4 N–H and O–H groups in total. The maximum atomic E-state index is 12.8. The number of ether oxygens (including phenoxy) is 4. The normalized spacial score (nSPS) is 21.3. The van der Waals surface area contributed by atoms with Gasteiger partial charge in [-0.05, 0) is 44.9 Å². The zero-order chi connectivity index (χ0) is 39.7. The number of esters is 1. The first kappa shape index (κ1) is 50.6. The summed E-state index contributed by atoms with van der Waals surface area (Å²) in [7, 11) is -5.06. The topological polar surface area (TPSA) is 178 Å². The molecule has 13 heteroatoms. The molecule has 54 heavy (non-hydrogen) atoms. The Labute approximate surface area is 327 Å². The Morgan fingerprint density at radius 1 is 0.704 bits per heavy atom. The van der Waals surface area contributed by atoms with Gasteiger partial charge >= 0.3 is 16.4 Å². The molecule has 0 radical (unpaired) electrons. The highest BCUT2D eigenvalue weighted by Gasteiger charge is 2.48. The summed E-state index contributed by atoms with van der Waals surface area (Å²) in [6, 6.07) is 0. The van der Waals surface area contributed by atoms with Gasteiger partial charge < -0.3 is 34.3 Å². The molecule has 318 valence electrons. The van der Waals surface area contributed by atoms with Crippen LogP contribution in [0.25, 0.3) is 0 Å². The van der Waals surface area contributed by atoms with Crippen LogP contribution in [-0.2, 0) is 38.3 Å². The molecule has 1 rings (SSSR count). The highest BCUT2D eigenvalue weighted by Crippen LogP contribution is 2.26. The van der Waals surface area contributed by atoms with Crippen molar-refractivity contribution in [1.29, 1.82) is 0 Å². The Morgan fingerprint density at radius 3 is 1.78 bits per heavy atom. The van der Waals surface area contributed by atoms with Gasteiger partial charge in [-0.1, -0.05) is 141 Å². The highest BCUT2D eigenvalue weighted by molar-refractivity contribution is 7.80. The second kappa shape index (κ2) is 33.7. The Hall–Kier alpha value is -1.42. The third-order valence-corrected chi connectivity index (χ3v) is 10.0. The third kappa shape index (κ3) is 27.2. The first-order valence-electron chi connectivity index (χ1n) is 21.1. The van der Waals surface area contributed by atoms with Crippen LogP contribution in [-0.4, -0.2) is 97.5 Å². The van der Waals surface area contributed by atoms with Crippen molar-refractivity contribution in [3.63, 3.8) is 0 Å². The fourth-order valence-electron chi connectivity index (χ4n) is 6.35. The van der Waals surface area contributed by atoms with E-state index in [0.29, 0.717) is 13.0 Å². The summed E-state index contributed by atoms with van der Waals surface area (Å²) in [5.74, 6) is -0.408. The van der Waals surface area contributed by atoms with E-state index in [1.807, 2.05) is 0 Å². The minimum absolute atomic E-state index is 0.0353. The summed E-state index contributed by atoms with van der Waals surface area (Å²) >= 11 is 0. The Kier molecular flexibility index (Phi) is 31.6. The molecule has 0 aromatic carbocycles. The van der Waals surface area contributed by atoms with Gasteiger partial charge in [-0.15, -0.1) is 0 Å². The van der Waals surface area contributed by atoms with E-state index in [1.54, 1.807) is 0 Å². The van der Waals surface area contributed by atoms with Crippen LogP contribution in [0.15, 0.2) is 24.3 Å². The molecule has 0 aromatic heterocycles. The van der Waals surface area contributed by atoms with Crippen molar-refractivity contribution in [1.82, 2.24) is 0 Å². The number of carbonyl (C=O) groups is 1. The van der Waals surface area contributed by atoms with Gasteiger partial charge in [0.1, 0.15) is 30.5 Å². The maximum Gasteiger partial charge on any atom is 0.397 e. The van der Waals surface area contributed by atoms with E-state index in [0.717, 1.165) is 51.4 Å².